The van der Waals surface area contributed by atoms with Crippen LogP contribution in [-0.2, 0) is 4.79 Å². The zero-order valence-corrected chi connectivity index (χ0v) is 20.3. The van der Waals surface area contributed by atoms with Gasteiger partial charge in [-0.15, -0.1) is 11.3 Å². The fraction of sp³-hybridized carbons (Fsp3) is 0.0370. The number of fused-ring (bicyclic) bond motifs is 1. The molecular formula is C27H18Cl2N2O2S. The third-order valence-corrected chi connectivity index (χ3v) is 7.07. The van der Waals surface area contributed by atoms with Gasteiger partial charge in [0.1, 0.15) is 16.5 Å². The number of amides is 1. The molecular weight excluding hydrogens is 487 g/mol. The number of hydrogen-bond acceptors (Lipinski definition) is 4. The van der Waals surface area contributed by atoms with E-state index < -0.39 is 0 Å². The standard InChI is InChI=1S/C27H18Cl2N2O2S/c1-16-6-7-17(14-21(16)29)24-12-9-19(33-24)10-13-26(32)30-23-15-18(8-11-20(23)28)27-31-22-4-2-3-5-25(22)34-27/h2-15H,1H3,(H,30,32)/b13-10+. The molecule has 0 unspecified atom stereocenters. The van der Waals surface area contributed by atoms with Gasteiger partial charge in [0.2, 0.25) is 5.91 Å². The van der Waals surface area contributed by atoms with E-state index in [1.807, 2.05) is 67.6 Å². The number of rotatable bonds is 5. The van der Waals surface area contributed by atoms with E-state index in [9.17, 15) is 4.79 Å². The minimum atomic E-state index is -0.320. The molecule has 0 saturated carbocycles. The highest BCUT2D eigenvalue weighted by molar-refractivity contribution is 7.21. The van der Waals surface area contributed by atoms with Crippen LogP contribution in [0.5, 0.6) is 0 Å². The number of anilines is 1. The van der Waals surface area contributed by atoms with Crippen molar-refractivity contribution < 1.29 is 9.21 Å². The van der Waals surface area contributed by atoms with Gasteiger partial charge in [0.05, 0.1) is 20.9 Å². The summed E-state index contributed by atoms with van der Waals surface area (Å²) in [4.78, 5) is 17.2. The molecule has 5 rings (SSSR count). The number of aryl methyl sites for hydroxylation is 1. The second-order valence-electron chi connectivity index (χ2n) is 7.67. The first-order chi connectivity index (χ1) is 16.5. The molecule has 0 bridgehead atoms. The second kappa shape index (κ2) is 9.47. The number of furan rings is 1. The van der Waals surface area contributed by atoms with Gasteiger partial charge in [-0.3, -0.25) is 4.79 Å². The lowest BCUT2D eigenvalue weighted by molar-refractivity contribution is -0.111. The summed E-state index contributed by atoms with van der Waals surface area (Å²) < 4.78 is 6.94. The monoisotopic (exact) mass is 504 g/mol. The number of nitrogens with one attached hydrogen (secondary N) is 1. The molecule has 0 atom stereocenters. The fourth-order valence-corrected chi connectivity index (χ4v) is 4.73. The van der Waals surface area contributed by atoms with Crippen molar-refractivity contribution in [2.45, 2.75) is 6.92 Å². The predicted molar refractivity (Wildman–Crippen MR) is 142 cm³/mol. The lowest BCUT2D eigenvalue weighted by Crippen LogP contribution is -2.08. The van der Waals surface area contributed by atoms with Crippen LogP contribution in [0.2, 0.25) is 10.0 Å². The Morgan fingerprint density at radius 3 is 2.62 bits per heavy atom. The topological polar surface area (TPSA) is 55.1 Å². The molecule has 4 nitrogen and oxygen atoms in total. The van der Waals surface area contributed by atoms with Crippen molar-refractivity contribution in [3.05, 3.63) is 100 Å². The van der Waals surface area contributed by atoms with Gasteiger partial charge in [0.15, 0.2) is 0 Å². The fourth-order valence-electron chi connectivity index (χ4n) is 3.43. The molecule has 0 fully saturated rings. The number of halogens is 2. The average Bonchev–Trinajstić information content (AvgIpc) is 3.48. The van der Waals surface area contributed by atoms with Gasteiger partial charge in [-0.25, -0.2) is 4.98 Å². The highest BCUT2D eigenvalue weighted by Crippen LogP contribution is 2.34. The predicted octanol–water partition coefficient (Wildman–Crippen LogP) is 8.49. The zero-order chi connectivity index (χ0) is 23.7. The number of hydrogen-bond donors (Lipinski definition) is 1. The van der Waals surface area contributed by atoms with Gasteiger partial charge in [-0.1, -0.05) is 53.5 Å². The van der Waals surface area contributed by atoms with Crippen LogP contribution in [0.3, 0.4) is 0 Å². The number of benzene rings is 3. The summed E-state index contributed by atoms with van der Waals surface area (Å²) in [5, 5.41) is 4.82. The van der Waals surface area contributed by atoms with Gasteiger partial charge in [-0.05, 0) is 61.0 Å². The number of aromatic nitrogens is 1. The third-order valence-electron chi connectivity index (χ3n) is 5.25. The second-order valence-corrected chi connectivity index (χ2v) is 9.51. The number of para-hydroxylation sites is 1. The van der Waals surface area contributed by atoms with Crippen LogP contribution in [0.15, 0.2) is 83.3 Å². The number of thiazole rings is 1. The van der Waals surface area contributed by atoms with Gasteiger partial charge >= 0.3 is 0 Å². The van der Waals surface area contributed by atoms with Crippen LogP contribution in [0.4, 0.5) is 5.69 Å². The van der Waals surface area contributed by atoms with Gasteiger partial charge < -0.3 is 9.73 Å². The highest BCUT2D eigenvalue weighted by Gasteiger charge is 2.11. The smallest absolute Gasteiger partial charge is 0.248 e. The SMILES string of the molecule is Cc1ccc(-c2ccc(/C=C/C(=O)Nc3cc(-c4nc5ccccc5s4)ccc3Cl)o2)cc1Cl. The molecule has 0 radical (unpaired) electrons. The largest absolute Gasteiger partial charge is 0.457 e. The Labute approximate surface area is 210 Å². The minimum absolute atomic E-state index is 0.320. The van der Waals surface area contributed by atoms with E-state index in [2.05, 4.69) is 10.3 Å². The lowest BCUT2D eigenvalue weighted by Gasteiger charge is -2.07. The molecule has 3 aromatic carbocycles. The highest BCUT2D eigenvalue weighted by atomic mass is 35.5. The van der Waals surface area contributed by atoms with Crippen molar-refractivity contribution in [3.8, 4) is 21.9 Å². The summed E-state index contributed by atoms with van der Waals surface area (Å²) in [5.41, 5.74) is 4.22. The van der Waals surface area contributed by atoms with Crippen molar-refractivity contribution in [3.63, 3.8) is 0 Å². The van der Waals surface area contributed by atoms with E-state index in [1.54, 1.807) is 29.5 Å². The molecule has 0 spiro atoms. The van der Waals surface area contributed by atoms with Crippen molar-refractivity contribution in [1.29, 1.82) is 0 Å². The Bertz CT molecular complexity index is 1520. The Morgan fingerprint density at radius 2 is 1.79 bits per heavy atom. The van der Waals surface area contributed by atoms with Crippen molar-refractivity contribution in [2.75, 3.05) is 5.32 Å². The maximum absolute atomic E-state index is 12.6. The van der Waals surface area contributed by atoms with Gasteiger partial charge in [0, 0.05) is 22.2 Å². The molecule has 168 valence electrons. The first-order valence-corrected chi connectivity index (χ1v) is 12.0. The van der Waals surface area contributed by atoms with E-state index in [0.717, 1.165) is 31.9 Å². The van der Waals surface area contributed by atoms with E-state index in [0.29, 0.717) is 27.3 Å². The van der Waals surface area contributed by atoms with E-state index in [1.165, 1.54) is 6.08 Å². The van der Waals surface area contributed by atoms with Crippen LogP contribution in [0.1, 0.15) is 11.3 Å². The molecule has 2 heterocycles. The van der Waals surface area contributed by atoms with Crippen molar-refractivity contribution >= 4 is 62.4 Å². The van der Waals surface area contributed by atoms with Crippen molar-refractivity contribution in [2.24, 2.45) is 0 Å². The molecule has 0 aliphatic carbocycles. The number of nitrogens with zero attached hydrogens (tertiary/aromatic N) is 1. The third kappa shape index (κ3) is 4.77. The maximum Gasteiger partial charge on any atom is 0.248 e. The summed E-state index contributed by atoms with van der Waals surface area (Å²) in [6.45, 7) is 1.95. The molecule has 0 saturated heterocycles. The summed E-state index contributed by atoms with van der Waals surface area (Å²) in [7, 11) is 0. The first-order valence-electron chi connectivity index (χ1n) is 10.5. The van der Waals surface area contributed by atoms with Gasteiger partial charge in [-0.2, -0.15) is 0 Å². The molecule has 7 heteroatoms. The summed E-state index contributed by atoms with van der Waals surface area (Å²) in [6.07, 6.45) is 3.02. The summed E-state index contributed by atoms with van der Waals surface area (Å²) in [6, 6.07) is 22.8. The lowest BCUT2D eigenvalue weighted by atomic mass is 10.1. The van der Waals surface area contributed by atoms with Crippen LogP contribution < -0.4 is 5.32 Å². The molecule has 0 aliphatic heterocycles. The molecule has 0 aliphatic rings. The van der Waals surface area contributed by atoms with E-state index >= 15 is 0 Å². The maximum atomic E-state index is 12.6. The van der Waals surface area contributed by atoms with E-state index in [-0.39, 0.29) is 5.91 Å². The molecule has 1 N–H and O–H groups in total. The van der Waals surface area contributed by atoms with Gasteiger partial charge in [0.25, 0.3) is 0 Å². The Kier molecular flexibility index (Phi) is 6.24. The Hall–Kier alpha value is -3.38. The first kappa shape index (κ1) is 22.4. The van der Waals surface area contributed by atoms with Crippen LogP contribution in [0.25, 0.3) is 38.2 Å². The number of carbonyl (C=O) groups is 1. The summed E-state index contributed by atoms with van der Waals surface area (Å²) in [5.74, 6) is 0.907. The summed E-state index contributed by atoms with van der Waals surface area (Å²) >= 11 is 14.1. The molecule has 34 heavy (non-hydrogen) atoms. The van der Waals surface area contributed by atoms with E-state index in [4.69, 9.17) is 27.6 Å². The van der Waals surface area contributed by atoms with Crippen LogP contribution in [0, 0.1) is 6.92 Å². The molecule has 5 aromatic rings. The Morgan fingerprint density at radius 1 is 0.971 bits per heavy atom. The minimum Gasteiger partial charge on any atom is -0.457 e. The van der Waals surface area contributed by atoms with Crippen molar-refractivity contribution in [1.82, 2.24) is 4.98 Å². The molecule has 1 amide bonds. The molecule has 2 aromatic heterocycles. The van der Waals surface area contributed by atoms with Crippen LogP contribution >= 0.6 is 34.5 Å². The quantitative estimate of drug-likeness (QED) is 0.244. The normalized spacial score (nSPS) is 11.4. The van der Waals surface area contributed by atoms with Crippen LogP contribution in [-0.4, -0.2) is 10.9 Å². The Balaban J connectivity index is 1.31. The zero-order valence-electron chi connectivity index (χ0n) is 18.0. The number of carbonyl (C=O) groups excluding carboxylic acids is 1. The average molecular weight is 505 g/mol.